The highest BCUT2D eigenvalue weighted by Crippen LogP contribution is 2.16. The third-order valence-electron chi connectivity index (χ3n) is 1.73. The predicted octanol–water partition coefficient (Wildman–Crippen LogP) is 3.17. The van der Waals surface area contributed by atoms with E-state index in [0.29, 0.717) is 23.8 Å². The minimum absolute atomic E-state index is 0.207. The van der Waals surface area contributed by atoms with Crippen LogP contribution in [-0.4, -0.2) is 6.61 Å². The molecule has 0 unspecified atom stereocenters. The molecule has 1 nitrogen and oxygen atoms in total. The number of halogens is 1. The summed E-state index contributed by atoms with van der Waals surface area (Å²) in [4.78, 5) is 0. The summed E-state index contributed by atoms with van der Waals surface area (Å²) in [5, 5.41) is 0. The van der Waals surface area contributed by atoms with Crippen molar-refractivity contribution in [1.82, 2.24) is 0 Å². The molecule has 13 heavy (non-hydrogen) atoms. The first-order chi connectivity index (χ1) is 6.09. The van der Waals surface area contributed by atoms with Crippen molar-refractivity contribution in [3.63, 3.8) is 0 Å². The normalized spacial score (nSPS) is 10.5. The Bertz CT molecular complexity index is 281. The first-order valence-corrected chi connectivity index (χ1v) is 4.48. The second kappa shape index (κ2) is 4.26. The molecule has 0 N–H and O–H groups in total. The number of hydrogen-bond acceptors (Lipinski definition) is 1. The van der Waals surface area contributed by atoms with Crippen LogP contribution in [0, 0.1) is 18.7 Å². The summed E-state index contributed by atoms with van der Waals surface area (Å²) in [5.41, 5.74) is 0.650. The second-order valence-electron chi connectivity index (χ2n) is 3.62. The van der Waals surface area contributed by atoms with Gasteiger partial charge in [0.2, 0.25) is 0 Å². The van der Waals surface area contributed by atoms with Gasteiger partial charge in [-0.3, -0.25) is 0 Å². The summed E-state index contributed by atoms with van der Waals surface area (Å²) < 4.78 is 18.4. The smallest absolute Gasteiger partial charge is 0.129 e. The Morgan fingerprint density at radius 3 is 2.62 bits per heavy atom. The summed E-state index contributed by atoms with van der Waals surface area (Å²) in [7, 11) is 0. The maximum absolute atomic E-state index is 13.0. The van der Waals surface area contributed by atoms with E-state index >= 15 is 0 Å². The maximum Gasteiger partial charge on any atom is 0.129 e. The summed E-state index contributed by atoms with van der Waals surface area (Å²) in [6, 6.07) is 4.95. The monoisotopic (exact) mass is 182 g/mol. The Balaban J connectivity index is 2.63. The van der Waals surface area contributed by atoms with Gasteiger partial charge in [0.25, 0.3) is 0 Å². The van der Waals surface area contributed by atoms with Crippen molar-refractivity contribution >= 4 is 0 Å². The van der Waals surface area contributed by atoms with Gasteiger partial charge in [0.15, 0.2) is 0 Å². The van der Waals surface area contributed by atoms with Crippen molar-refractivity contribution in [1.29, 1.82) is 0 Å². The SMILES string of the molecule is Cc1ccc(OCC(C)C)cc1F. The number of hydrogen-bond donors (Lipinski definition) is 0. The topological polar surface area (TPSA) is 9.23 Å². The van der Waals surface area contributed by atoms with Crippen molar-refractivity contribution in [2.75, 3.05) is 6.61 Å². The highest BCUT2D eigenvalue weighted by atomic mass is 19.1. The molecular formula is C11H15FO. The lowest BCUT2D eigenvalue weighted by Gasteiger charge is -2.08. The van der Waals surface area contributed by atoms with Crippen molar-refractivity contribution in [2.45, 2.75) is 20.8 Å². The minimum atomic E-state index is -0.207. The molecule has 0 aromatic heterocycles. The third kappa shape index (κ3) is 3.05. The van der Waals surface area contributed by atoms with E-state index < -0.39 is 0 Å². The van der Waals surface area contributed by atoms with E-state index in [1.807, 2.05) is 0 Å². The van der Waals surface area contributed by atoms with Gasteiger partial charge in [0.05, 0.1) is 6.61 Å². The molecule has 1 aromatic rings. The van der Waals surface area contributed by atoms with Crippen molar-refractivity contribution in [2.24, 2.45) is 5.92 Å². The third-order valence-corrected chi connectivity index (χ3v) is 1.73. The van der Waals surface area contributed by atoms with Gasteiger partial charge in [-0.25, -0.2) is 4.39 Å². The lowest BCUT2D eigenvalue weighted by molar-refractivity contribution is 0.270. The lowest BCUT2D eigenvalue weighted by Crippen LogP contribution is -2.04. The van der Waals surface area contributed by atoms with E-state index in [-0.39, 0.29) is 5.82 Å². The van der Waals surface area contributed by atoms with Crippen molar-refractivity contribution in [3.8, 4) is 5.75 Å². The number of rotatable bonds is 3. The molecule has 0 bridgehead atoms. The molecule has 0 aliphatic heterocycles. The summed E-state index contributed by atoms with van der Waals surface area (Å²) in [6.07, 6.45) is 0. The van der Waals surface area contributed by atoms with E-state index in [1.54, 1.807) is 19.1 Å². The zero-order chi connectivity index (χ0) is 9.84. The van der Waals surface area contributed by atoms with Gasteiger partial charge in [0.1, 0.15) is 11.6 Å². The summed E-state index contributed by atoms with van der Waals surface area (Å²) in [5.74, 6) is 0.863. The van der Waals surface area contributed by atoms with Gasteiger partial charge >= 0.3 is 0 Å². The molecule has 1 rings (SSSR count). The van der Waals surface area contributed by atoms with Crippen LogP contribution in [0.3, 0.4) is 0 Å². The van der Waals surface area contributed by atoms with E-state index in [4.69, 9.17) is 4.74 Å². The fourth-order valence-corrected chi connectivity index (χ4v) is 0.926. The van der Waals surface area contributed by atoms with E-state index in [1.165, 1.54) is 6.07 Å². The Morgan fingerprint density at radius 2 is 2.08 bits per heavy atom. The standard InChI is InChI=1S/C11H15FO/c1-8(2)7-13-10-5-4-9(3)11(12)6-10/h4-6,8H,7H2,1-3H3. The van der Waals surface area contributed by atoms with Crippen LogP contribution in [-0.2, 0) is 0 Å². The van der Waals surface area contributed by atoms with Gasteiger partial charge in [-0.1, -0.05) is 19.9 Å². The summed E-state index contributed by atoms with van der Waals surface area (Å²) in [6.45, 7) is 6.49. The van der Waals surface area contributed by atoms with Crippen LogP contribution in [0.15, 0.2) is 18.2 Å². The minimum Gasteiger partial charge on any atom is -0.493 e. The number of ether oxygens (including phenoxy) is 1. The van der Waals surface area contributed by atoms with Crippen LogP contribution in [0.1, 0.15) is 19.4 Å². The van der Waals surface area contributed by atoms with Crippen LogP contribution in [0.25, 0.3) is 0 Å². The molecule has 0 saturated carbocycles. The van der Waals surface area contributed by atoms with Gasteiger partial charge in [0, 0.05) is 6.07 Å². The van der Waals surface area contributed by atoms with Crippen LogP contribution in [0.4, 0.5) is 4.39 Å². The second-order valence-corrected chi connectivity index (χ2v) is 3.62. The molecule has 0 saturated heterocycles. The largest absolute Gasteiger partial charge is 0.493 e. The van der Waals surface area contributed by atoms with Gasteiger partial charge < -0.3 is 4.74 Å². The Kier molecular flexibility index (Phi) is 3.29. The predicted molar refractivity (Wildman–Crippen MR) is 51.5 cm³/mol. The first kappa shape index (κ1) is 10.0. The Labute approximate surface area is 78.5 Å². The zero-order valence-electron chi connectivity index (χ0n) is 8.30. The number of aryl methyl sites for hydroxylation is 1. The fraction of sp³-hybridized carbons (Fsp3) is 0.455. The Hall–Kier alpha value is -1.05. The molecule has 72 valence electrons. The van der Waals surface area contributed by atoms with Crippen molar-refractivity contribution < 1.29 is 9.13 Å². The molecule has 0 amide bonds. The van der Waals surface area contributed by atoms with E-state index in [2.05, 4.69) is 13.8 Å². The van der Waals surface area contributed by atoms with Crippen LogP contribution in [0.5, 0.6) is 5.75 Å². The molecule has 0 fully saturated rings. The van der Waals surface area contributed by atoms with Crippen LogP contribution in [0.2, 0.25) is 0 Å². The molecule has 1 aromatic carbocycles. The highest BCUT2D eigenvalue weighted by molar-refractivity contribution is 5.27. The van der Waals surface area contributed by atoms with Gasteiger partial charge in [-0.15, -0.1) is 0 Å². The van der Waals surface area contributed by atoms with E-state index in [9.17, 15) is 4.39 Å². The quantitative estimate of drug-likeness (QED) is 0.697. The molecule has 0 heterocycles. The summed E-state index contributed by atoms with van der Waals surface area (Å²) >= 11 is 0. The average Bonchev–Trinajstić information content (AvgIpc) is 2.07. The fourth-order valence-electron chi connectivity index (χ4n) is 0.926. The van der Waals surface area contributed by atoms with Crippen LogP contribution < -0.4 is 4.74 Å². The van der Waals surface area contributed by atoms with Crippen LogP contribution >= 0.6 is 0 Å². The van der Waals surface area contributed by atoms with Crippen molar-refractivity contribution in [3.05, 3.63) is 29.6 Å². The molecular weight excluding hydrogens is 167 g/mol. The molecule has 0 spiro atoms. The molecule has 0 aliphatic carbocycles. The molecule has 2 heteroatoms. The molecule has 0 aliphatic rings. The molecule has 0 radical (unpaired) electrons. The lowest BCUT2D eigenvalue weighted by atomic mass is 10.2. The molecule has 0 atom stereocenters. The maximum atomic E-state index is 13.0. The Morgan fingerprint density at radius 1 is 1.38 bits per heavy atom. The average molecular weight is 182 g/mol. The highest BCUT2D eigenvalue weighted by Gasteiger charge is 2.00. The van der Waals surface area contributed by atoms with E-state index in [0.717, 1.165) is 0 Å². The van der Waals surface area contributed by atoms with Gasteiger partial charge in [-0.05, 0) is 24.5 Å². The van der Waals surface area contributed by atoms with Gasteiger partial charge in [-0.2, -0.15) is 0 Å². The zero-order valence-corrected chi connectivity index (χ0v) is 8.30. The number of benzene rings is 1. The first-order valence-electron chi connectivity index (χ1n) is 4.48.